The number of piperidine rings is 1. The van der Waals surface area contributed by atoms with Gasteiger partial charge in [0.25, 0.3) is 5.91 Å². The van der Waals surface area contributed by atoms with E-state index in [0.717, 1.165) is 69.8 Å². The van der Waals surface area contributed by atoms with Crippen LogP contribution in [0.3, 0.4) is 0 Å². The van der Waals surface area contributed by atoms with Gasteiger partial charge in [-0.3, -0.25) is 14.5 Å². The lowest BCUT2D eigenvalue weighted by Gasteiger charge is -2.54. The van der Waals surface area contributed by atoms with Crippen molar-refractivity contribution in [2.24, 2.45) is 11.8 Å². The first-order chi connectivity index (χ1) is 30.7. The van der Waals surface area contributed by atoms with Gasteiger partial charge in [-0.05, 0) is 124 Å². The first kappa shape index (κ1) is 45.6. The molecule has 4 heterocycles. The Kier molecular flexibility index (Phi) is 13.4. The van der Waals surface area contributed by atoms with E-state index in [2.05, 4.69) is 20.4 Å². The SMILES string of the molecule is COC(=O)N[C@H]1CCC[C@@H]1[C@](CN1CCC1)(c1cccc(F)c1)C1CCN(CC2(F)CN(c3ccc(S(=O)(=O)c4cccc(C(=O)NC/C=C/C(=O)N5CC(F)C5)c4)cc3F)C2)CC1.[HH].[HH]. The maximum atomic E-state index is 16.4. The van der Waals surface area contributed by atoms with Gasteiger partial charge in [0.05, 0.1) is 48.8 Å². The zero-order valence-corrected chi connectivity index (χ0v) is 36.8. The topological polar surface area (TPSA) is 132 Å². The van der Waals surface area contributed by atoms with Crippen LogP contribution in [0.25, 0.3) is 0 Å². The molecule has 1 saturated carbocycles. The molecule has 3 aromatic carbocycles. The number of rotatable bonds is 15. The summed E-state index contributed by atoms with van der Waals surface area (Å²) < 4.78 is 92.4. The van der Waals surface area contributed by atoms with Crippen LogP contribution >= 0.6 is 0 Å². The first-order valence-corrected chi connectivity index (χ1v) is 23.7. The largest absolute Gasteiger partial charge is 0.453 e. The zero-order valence-electron chi connectivity index (χ0n) is 36.0. The van der Waals surface area contributed by atoms with E-state index in [1.54, 1.807) is 17.0 Å². The van der Waals surface area contributed by atoms with Gasteiger partial charge in [-0.1, -0.05) is 30.7 Å². The van der Waals surface area contributed by atoms with Gasteiger partial charge >= 0.3 is 6.09 Å². The Hall–Kier alpha value is -5.00. The molecule has 64 heavy (non-hydrogen) atoms. The third-order valence-corrected chi connectivity index (χ3v) is 15.7. The molecule has 5 fully saturated rings. The van der Waals surface area contributed by atoms with Gasteiger partial charge in [0, 0.05) is 45.6 Å². The van der Waals surface area contributed by atoms with Crippen molar-refractivity contribution in [2.75, 3.05) is 84.0 Å². The summed E-state index contributed by atoms with van der Waals surface area (Å²) in [5.74, 6) is -1.89. The Morgan fingerprint density at radius 3 is 2.31 bits per heavy atom. The number of sulfone groups is 1. The third-order valence-electron chi connectivity index (χ3n) is 14.0. The molecule has 0 bridgehead atoms. The van der Waals surface area contributed by atoms with Crippen LogP contribution in [-0.2, 0) is 24.8 Å². The van der Waals surface area contributed by atoms with Crippen LogP contribution < -0.4 is 15.5 Å². The molecular weight excluding hydrogens is 853 g/mol. The van der Waals surface area contributed by atoms with Crippen LogP contribution in [-0.4, -0.2) is 138 Å². The molecule has 3 atom stereocenters. The molecule has 8 rings (SSSR count). The fraction of sp³-hybridized carbons (Fsp3) is 0.511. The van der Waals surface area contributed by atoms with Crippen molar-refractivity contribution in [1.29, 1.82) is 0 Å². The minimum Gasteiger partial charge on any atom is -0.453 e. The van der Waals surface area contributed by atoms with Crippen molar-refractivity contribution >= 4 is 33.4 Å². The summed E-state index contributed by atoms with van der Waals surface area (Å²) in [7, 11) is -2.89. The summed E-state index contributed by atoms with van der Waals surface area (Å²) in [6.07, 6.45) is 6.38. The number of alkyl carbamates (subject to hydrolysis) is 1. The van der Waals surface area contributed by atoms with E-state index in [-0.39, 0.29) is 92.8 Å². The number of hydrogen-bond acceptors (Lipinski definition) is 9. The molecule has 0 radical (unpaired) electrons. The van der Waals surface area contributed by atoms with E-state index in [4.69, 9.17) is 4.74 Å². The number of amides is 3. The Morgan fingerprint density at radius 1 is 0.906 bits per heavy atom. The molecule has 348 valence electrons. The molecule has 12 nitrogen and oxygen atoms in total. The molecule has 0 aromatic heterocycles. The molecule has 5 aliphatic rings. The predicted octanol–water partition coefficient (Wildman–Crippen LogP) is 6.16. The van der Waals surface area contributed by atoms with Crippen molar-refractivity contribution in [3.63, 3.8) is 0 Å². The number of carbonyl (C=O) groups excluding carboxylic acids is 3. The number of ether oxygens (including phenoxy) is 1. The maximum Gasteiger partial charge on any atom is 0.407 e. The summed E-state index contributed by atoms with van der Waals surface area (Å²) in [6, 6.07) is 15.6. The molecule has 3 amide bonds. The Labute approximate surface area is 374 Å². The number of halogens is 4. The van der Waals surface area contributed by atoms with Gasteiger partial charge in [0.2, 0.25) is 15.7 Å². The van der Waals surface area contributed by atoms with E-state index in [9.17, 15) is 27.2 Å². The second kappa shape index (κ2) is 18.8. The van der Waals surface area contributed by atoms with Crippen LogP contribution in [0.5, 0.6) is 0 Å². The smallest absolute Gasteiger partial charge is 0.407 e. The van der Waals surface area contributed by atoms with Crippen molar-refractivity contribution in [2.45, 2.75) is 71.6 Å². The minimum absolute atomic E-state index is 0. The summed E-state index contributed by atoms with van der Waals surface area (Å²) in [5, 5.41) is 5.69. The van der Waals surface area contributed by atoms with E-state index in [0.29, 0.717) is 13.1 Å². The fourth-order valence-corrected chi connectivity index (χ4v) is 11.9. The fourth-order valence-electron chi connectivity index (χ4n) is 10.6. The number of benzene rings is 3. The predicted molar refractivity (Wildman–Crippen MR) is 236 cm³/mol. The quantitative estimate of drug-likeness (QED) is 0.136. The monoisotopic (exact) mass is 912 g/mol. The molecule has 2 N–H and O–H groups in total. The molecule has 0 unspecified atom stereocenters. The van der Waals surface area contributed by atoms with Gasteiger partial charge in [-0.25, -0.2) is 30.8 Å². The van der Waals surface area contributed by atoms with Crippen LogP contribution in [0.4, 0.5) is 28.0 Å². The number of anilines is 1. The minimum atomic E-state index is -4.25. The van der Waals surface area contributed by atoms with Crippen molar-refractivity contribution in [1.82, 2.24) is 25.3 Å². The van der Waals surface area contributed by atoms with Gasteiger partial charge in [-0.2, -0.15) is 0 Å². The third kappa shape index (κ3) is 9.52. The summed E-state index contributed by atoms with van der Waals surface area (Å²) in [4.78, 5) is 44.2. The highest BCUT2D eigenvalue weighted by atomic mass is 32.2. The highest BCUT2D eigenvalue weighted by Gasteiger charge is 2.54. The van der Waals surface area contributed by atoms with E-state index < -0.39 is 44.9 Å². The van der Waals surface area contributed by atoms with Crippen LogP contribution in [0.15, 0.2) is 88.7 Å². The highest BCUT2D eigenvalue weighted by molar-refractivity contribution is 7.91. The molecule has 3 aromatic rings. The second-order valence-corrected chi connectivity index (χ2v) is 20.1. The Morgan fingerprint density at radius 2 is 1.64 bits per heavy atom. The Balaban J connectivity index is 0.00000360. The van der Waals surface area contributed by atoms with Gasteiger partial charge < -0.3 is 30.1 Å². The second-order valence-electron chi connectivity index (χ2n) is 18.1. The standard InChI is InChI=1S/C47H56F4N6O6S.2H2/c1-63-45(60)53-41-12-4-11-39(41)47(31-54-19-6-20-54,34-8-3-9-35(48)24-34)33-16-21-55(22-17-33)28-46(51)29-57(30-46)42-15-14-38(25-40(42)50)64(61,62)37-10-2-7-32(23-37)44(59)52-18-5-13-43(58)56-26-36(49)27-56;;/h2-3,5,7-10,13-15,23-25,33,36,39,41H,4,6,11-12,16-22,26-31H2,1H3,(H,52,59)(H,53,60);2*1H/b13-5+;;/t39-,41-,47-;;/m0../s1. The Bertz CT molecular complexity index is 2360. The molecule has 4 aliphatic heterocycles. The highest BCUT2D eigenvalue weighted by Crippen LogP contribution is 2.52. The number of methoxy groups -OCH3 is 1. The van der Waals surface area contributed by atoms with Crippen molar-refractivity contribution < 1.29 is 48.0 Å². The summed E-state index contributed by atoms with van der Waals surface area (Å²) >= 11 is 0. The van der Waals surface area contributed by atoms with E-state index >= 15 is 13.2 Å². The van der Waals surface area contributed by atoms with Crippen LogP contribution in [0.2, 0.25) is 0 Å². The van der Waals surface area contributed by atoms with Crippen molar-refractivity contribution in [3.8, 4) is 0 Å². The molecule has 4 saturated heterocycles. The normalized spacial score (nSPS) is 22.9. The number of carbonyl (C=O) groups is 3. The molecule has 0 spiro atoms. The average Bonchev–Trinajstić information content (AvgIpc) is 3.71. The molecule has 17 heteroatoms. The van der Waals surface area contributed by atoms with E-state index in [1.165, 1.54) is 66.6 Å². The summed E-state index contributed by atoms with van der Waals surface area (Å²) in [5.41, 5.74) is -1.01. The first-order valence-electron chi connectivity index (χ1n) is 22.2. The lowest BCUT2D eigenvalue weighted by molar-refractivity contribution is -0.132. The van der Waals surface area contributed by atoms with Crippen LogP contribution in [0, 0.1) is 23.5 Å². The zero-order chi connectivity index (χ0) is 45.2. The van der Waals surface area contributed by atoms with Gasteiger partial charge in [-0.15, -0.1) is 0 Å². The summed E-state index contributed by atoms with van der Waals surface area (Å²) in [6.45, 7) is 3.97. The van der Waals surface area contributed by atoms with Crippen LogP contribution in [0.1, 0.15) is 57.3 Å². The lowest BCUT2D eigenvalue weighted by atomic mass is 9.57. The number of likely N-dealkylation sites (tertiary alicyclic amines) is 3. The number of nitrogens with one attached hydrogen (secondary N) is 2. The molecular formula is C47H60F4N6O6S. The van der Waals surface area contributed by atoms with Crippen molar-refractivity contribution in [3.05, 3.63) is 102 Å². The maximum absolute atomic E-state index is 16.4. The molecule has 1 aliphatic carbocycles. The lowest BCUT2D eigenvalue weighted by Crippen LogP contribution is -2.65. The van der Waals surface area contributed by atoms with E-state index in [1.807, 2.05) is 6.07 Å². The average molecular weight is 913 g/mol. The van der Waals surface area contributed by atoms with Gasteiger partial charge in [0.15, 0.2) is 5.67 Å². The van der Waals surface area contributed by atoms with Gasteiger partial charge in [0.1, 0.15) is 17.8 Å². The number of alkyl halides is 2. The number of nitrogens with zero attached hydrogens (tertiary/aromatic N) is 4. The number of hydrogen-bond donors (Lipinski definition) is 2.